The van der Waals surface area contributed by atoms with Crippen LogP contribution in [0.1, 0.15) is 31.9 Å². The zero-order valence-electron chi connectivity index (χ0n) is 22.2. The van der Waals surface area contributed by atoms with E-state index in [1.807, 2.05) is 45.0 Å². The minimum Gasteiger partial charge on any atom is -0.390 e. The molecule has 0 radical (unpaired) electrons. The quantitative estimate of drug-likeness (QED) is 0.416. The first kappa shape index (κ1) is 27.4. The fraction of sp³-hybridized carbons (Fsp3) is 0.577. The van der Waals surface area contributed by atoms with Crippen molar-refractivity contribution >= 4 is 22.0 Å². The minimum absolute atomic E-state index is 0.144. The average Bonchev–Trinajstić information content (AvgIpc) is 3.26. The lowest BCUT2D eigenvalue weighted by Crippen LogP contribution is -2.49. The van der Waals surface area contributed by atoms with E-state index in [2.05, 4.69) is 14.8 Å². The van der Waals surface area contributed by atoms with Gasteiger partial charge in [0.15, 0.2) is 11.2 Å². The molecule has 2 unspecified atom stereocenters. The number of aromatic nitrogens is 4. The van der Waals surface area contributed by atoms with E-state index >= 15 is 0 Å². The van der Waals surface area contributed by atoms with Gasteiger partial charge in [0, 0.05) is 56.5 Å². The van der Waals surface area contributed by atoms with E-state index in [9.17, 15) is 18.9 Å². The number of β-amino-alcohol motifs (C(OH)–C–C–N with tert-alkyl or cyclic N) is 1. The highest BCUT2D eigenvalue weighted by Gasteiger charge is 2.22. The van der Waals surface area contributed by atoms with E-state index < -0.39 is 28.2 Å². The molecule has 10 nitrogen and oxygen atoms in total. The van der Waals surface area contributed by atoms with Crippen LogP contribution in [0.25, 0.3) is 11.2 Å². The monoisotopic (exact) mass is 530 g/mol. The molecule has 1 aliphatic heterocycles. The van der Waals surface area contributed by atoms with Gasteiger partial charge in [-0.15, -0.1) is 0 Å². The average molecular weight is 531 g/mol. The Kier molecular flexibility index (Phi) is 8.79. The van der Waals surface area contributed by atoms with Crippen molar-refractivity contribution in [1.29, 1.82) is 0 Å². The van der Waals surface area contributed by atoms with Crippen molar-refractivity contribution in [1.82, 2.24) is 28.5 Å². The molecule has 3 aromatic rings. The van der Waals surface area contributed by atoms with E-state index in [1.165, 1.54) is 23.5 Å². The summed E-state index contributed by atoms with van der Waals surface area (Å²) in [6.45, 7) is 10.9. The molecule has 1 saturated heterocycles. The van der Waals surface area contributed by atoms with Gasteiger partial charge in [-0.05, 0) is 45.9 Å². The van der Waals surface area contributed by atoms with Gasteiger partial charge < -0.3 is 14.6 Å². The Bertz CT molecular complexity index is 1350. The highest BCUT2D eigenvalue weighted by molar-refractivity contribution is 7.85. The van der Waals surface area contributed by atoms with Crippen LogP contribution in [0, 0.1) is 6.92 Å². The highest BCUT2D eigenvalue weighted by Crippen LogP contribution is 2.13. The summed E-state index contributed by atoms with van der Waals surface area (Å²) < 4.78 is 16.8. The van der Waals surface area contributed by atoms with Gasteiger partial charge in [0.05, 0.1) is 29.8 Å². The maximum Gasteiger partial charge on any atom is 0.332 e. The molecule has 0 bridgehead atoms. The Morgan fingerprint density at radius 1 is 1.03 bits per heavy atom. The lowest BCUT2D eigenvalue weighted by molar-refractivity contribution is 0.0650. The van der Waals surface area contributed by atoms with Gasteiger partial charge in [-0.1, -0.05) is 17.7 Å². The van der Waals surface area contributed by atoms with Gasteiger partial charge in [0.1, 0.15) is 0 Å². The zero-order chi connectivity index (χ0) is 26.7. The number of imidazole rings is 1. The standard InChI is InChI=1S/C26H38N6O4S/c1-19(2)32-24-23(25(34)28(4)26(32)35)31(18-27-24)17-21(33)16-30-13-11-29(12-14-30)10-5-15-37(36)22-8-6-20(3)7-9-22/h6-9,18-19,21,33H,5,10-17H2,1-4H3. The van der Waals surface area contributed by atoms with Gasteiger partial charge in [-0.2, -0.15) is 0 Å². The van der Waals surface area contributed by atoms with Gasteiger partial charge >= 0.3 is 5.69 Å². The van der Waals surface area contributed by atoms with Crippen LogP contribution >= 0.6 is 0 Å². The van der Waals surface area contributed by atoms with Crippen LogP contribution in [0.2, 0.25) is 0 Å². The Labute approximate surface area is 219 Å². The first-order valence-corrected chi connectivity index (χ1v) is 14.2. The summed E-state index contributed by atoms with van der Waals surface area (Å²) in [5, 5.41) is 10.8. The maximum atomic E-state index is 12.8. The number of piperazine rings is 1. The molecule has 4 rings (SSSR count). The summed E-state index contributed by atoms with van der Waals surface area (Å²) >= 11 is 0. The van der Waals surface area contributed by atoms with E-state index in [0.717, 1.165) is 48.6 Å². The second-order valence-corrected chi connectivity index (χ2v) is 11.8. The number of aliphatic hydroxyl groups is 1. The van der Waals surface area contributed by atoms with Crippen LogP contribution < -0.4 is 11.2 Å². The molecule has 2 aromatic heterocycles. The third-order valence-corrected chi connectivity index (χ3v) is 8.45. The Hall–Kier alpha value is -2.60. The Morgan fingerprint density at radius 3 is 2.32 bits per heavy atom. The van der Waals surface area contributed by atoms with Crippen molar-refractivity contribution in [2.75, 3.05) is 45.0 Å². The number of rotatable bonds is 10. The maximum absolute atomic E-state index is 12.8. The Morgan fingerprint density at radius 2 is 1.68 bits per heavy atom. The van der Waals surface area contributed by atoms with Crippen molar-refractivity contribution < 1.29 is 9.32 Å². The summed E-state index contributed by atoms with van der Waals surface area (Å²) in [7, 11) is 0.502. The van der Waals surface area contributed by atoms with Crippen molar-refractivity contribution in [3.05, 3.63) is 57.0 Å². The predicted octanol–water partition coefficient (Wildman–Crippen LogP) is 0.962. The third-order valence-electron chi connectivity index (χ3n) is 6.99. The molecule has 0 saturated carbocycles. The minimum atomic E-state index is -0.966. The molecule has 1 fully saturated rings. The number of benzene rings is 1. The molecule has 37 heavy (non-hydrogen) atoms. The number of aryl methyl sites for hydroxylation is 1. The molecule has 0 spiro atoms. The largest absolute Gasteiger partial charge is 0.390 e. The third kappa shape index (κ3) is 6.28. The topological polar surface area (TPSA) is 106 Å². The fourth-order valence-corrected chi connectivity index (χ4v) is 5.94. The fourth-order valence-electron chi connectivity index (χ4n) is 4.87. The van der Waals surface area contributed by atoms with Gasteiger partial charge in [-0.25, -0.2) is 9.78 Å². The molecule has 1 aromatic carbocycles. The van der Waals surface area contributed by atoms with E-state index in [1.54, 1.807) is 4.57 Å². The molecule has 1 aliphatic rings. The molecule has 2 atom stereocenters. The van der Waals surface area contributed by atoms with Crippen molar-refractivity contribution in [3.8, 4) is 0 Å². The highest BCUT2D eigenvalue weighted by atomic mass is 32.2. The smallest absolute Gasteiger partial charge is 0.332 e. The summed E-state index contributed by atoms with van der Waals surface area (Å²) in [6, 6.07) is 7.75. The van der Waals surface area contributed by atoms with E-state index in [-0.39, 0.29) is 12.6 Å². The first-order valence-electron chi connectivity index (χ1n) is 12.9. The predicted molar refractivity (Wildman–Crippen MR) is 146 cm³/mol. The lowest BCUT2D eigenvalue weighted by atomic mass is 10.2. The molecular formula is C26H38N6O4S. The summed E-state index contributed by atoms with van der Waals surface area (Å²) in [5.74, 6) is 0.658. The summed E-state index contributed by atoms with van der Waals surface area (Å²) in [4.78, 5) is 35.2. The number of aliphatic hydroxyl groups excluding tert-OH is 1. The van der Waals surface area contributed by atoms with E-state index in [4.69, 9.17) is 0 Å². The molecule has 3 heterocycles. The van der Waals surface area contributed by atoms with Crippen molar-refractivity contribution in [2.24, 2.45) is 7.05 Å². The number of nitrogens with zero attached hydrogens (tertiary/aromatic N) is 6. The number of hydrogen-bond acceptors (Lipinski definition) is 7. The van der Waals surface area contributed by atoms with Crippen molar-refractivity contribution in [2.45, 2.75) is 50.8 Å². The molecule has 0 aliphatic carbocycles. The molecule has 202 valence electrons. The van der Waals surface area contributed by atoms with Crippen LogP contribution in [0.4, 0.5) is 0 Å². The lowest BCUT2D eigenvalue weighted by Gasteiger charge is -2.35. The van der Waals surface area contributed by atoms with Gasteiger partial charge in [0.25, 0.3) is 5.56 Å². The summed E-state index contributed by atoms with van der Waals surface area (Å²) in [6.07, 6.45) is 1.74. The van der Waals surface area contributed by atoms with Crippen LogP contribution in [0.5, 0.6) is 0 Å². The van der Waals surface area contributed by atoms with Crippen LogP contribution in [0.3, 0.4) is 0 Å². The van der Waals surface area contributed by atoms with Crippen LogP contribution in [0.15, 0.2) is 45.1 Å². The second kappa shape index (κ2) is 11.8. The number of fused-ring (bicyclic) bond motifs is 1. The second-order valence-electron chi connectivity index (χ2n) is 10.2. The molecule has 0 amide bonds. The SMILES string of the molecule is Cc1ccc(S(=O)CCCN2CCN(CC(O)Cn3cnc4c3c(=O)n(C)c(=O)n4C(C)C)CC2)cc1. The number of hydrogen-bond donors (Lipinski definition) is 1. The first-order chi connectivity index (χ1) is 17.7. The molecule has 11 heteroatoms. The van der Waals surface area contributed by atoms with Gasteiger partial charge in [0.2, 0.25) is 0 Å². The van der Waals surface area contributed by atoms with Crippen LogP contribution in [-0.4, -0.2) is 88.9 Å². The summed E-state index contributed by atoms with van der Waals surface area (Å²) in [5.41, 5.74) is 1.06. The Balaban J connectivity index is 1.27. The van der Waals surface area contributed by atoms with Crippen LogP contribution in [-0.2, 0) is 24.4 Å². The molecule has 1 N–H and O–H groups in total. The van der Waals surface area contributed by atoms with Crippen molar-refractivity contribution in [3.63, 3.8) is 0 Å². The normalized spacial score (nSPS) is 17.0. The molecular weight excluding hydrogens is 492 g/mol. The van der Waals surface area contributed by atoms with Gasteiger partial charge in [-0.3, -0.25) is 23.0 Å². The van der Waals surface area contributed by atoms with E-state index in [0.29, 0.717) is 23.5 Å². The zero-order valence-corrected chi connectivity index (χ0v) is 23.0.